The first-order valence-electron chi connectivity index (χ1n) is 10.5. The Morgan fingerprint density at radius 3 is 2.18 bits per heavy atom. The van der Waals surface area contributed by atoms with Gasteiger partial charge in [0.25, 0.3) is 0 Å². The second-order valence-corrected chi connectivity index (χ2v) is 7.97. The van der Waals surface area contributed by atoms with Crippen LogP contribution in [0.5, 0.6) is 0 Å². The van der Waals surface area contributed by atoms with Gasteiger partial charge in [0.1, 0.15) is 0 Å². The number of carbonyl (C=O) groups excluding carboxylic acids is 1. The van der Waals surface area contributed by atoms with E-state index < -0.39 is 0 Å². The first kappa shape index (κ1) is 22.2. The van der Waals surface area contributed by atoms with Crippen LogP contribution >= 0.6 is 0 Å². The first-order valence-corrected chi connectivity index (χ1v) is 10.5. The van der Waals surface area contributed by atoms with Gasteiger partial charge in [-0.2, -0.15) is 0 Å². The smallest absolute Gasteiger partial charge is 0.223 e. The molecule has 0 saturated carbocycles. The molecule has 1 aromatic rings. The van der Waals surface area contributed by atoms with Crippen LogP contribution in [-0.4, -0.2) is 60.4 Å². The van der Waals surface area contributed by atoms with E-state index in [2.05, 4.69) is 60.4 Å². The lowest BCUT2D eigenvalue weighted by Crippen LogP contribution is -2.45. The summed E-state index contributed by atoms with van der Waals surface area (Å²) in [5, 5.41) is 6.68. The second-order valence-electron chi connectivity index (χ2n) is 7.97. The van der Waals surface area contributed by atoms with Gasteiger partial charge < -0.3 is 15.5 Å². The minimum Gasteiger partial charge on any atom is -0.356 e. The van der Waals surface area contributed by atoms with E-state index in [-0.39, 0.29) is 5.91 Å². The van der Waals surface area contributed by atoms with Gasteiger partial charge in [0.05, 0.1) is 0 Å². The molecule has 1 amide bonds. The summed E-state index contributed by atoms with van der Waals surface area (Å²) in [5.74, 6) is 1.03. The summed E-state index contributed by atoms with van der Waals surface area (Å²) in [6.07, 6.45) is 1.36. The Morgan fingerprint density at radius 1 is 1.07 bits per heavy atom. The van der Waals surface area contributed by atoms with E-state index in [9.17, 15) is 4.79 Å². The molecule has 1 aromatic carbocycles. The van der Waals surface area contributed by atoms with Crippen molar-refractivity contribution in [3.8, 4) is 0 Å². The number of aliphatic imine (C=N–C) groups is 1. The summed E-state index contributed by atoms with van der Waals surface area (Å²) >= 11 is 0. The monoisotopic (exact) mass is 387 g/mol. The van der Waals surface area contributed by atoms with Crippen molar-refractivity contribution >= 4 is 11.9 Å². The van der Waals surface area contributed by atoms with Gasteiger partial charge in [0.15, 0.2) is 5.96 Å². The minimum absolute atomic E-state index is 0.227. The molecule has 0 atom stereocenters. The summed E-state index contributed by atoms with van der Waals surface area (Å²) in [5.41, 5.74) is 2.55. The highest BCUT2D eigenvalue weighted by Gasteiger charge is 2.22. The highest BCUT2D eigenvalue weighted by atomic mass is 16.2. The second kappa shape index (κ2) is 11.1. The topological polar surface area (TPSA) is 60.0 Å². The molecule has 0 bridgehead atoms. The Balaban J connectivity index is 1.63. The quantitative estimate of drug-likeness (QED) is 0.388. The largest absolute Gasteiger partial charge is 0.356 e. The molecule has 6 nitrogen and oxygen atoms in total. The van der Waals surface area contributed by atoms with Crippen LogP contribution in [0, 0.1) is 0 Å². The van der Waals surface area contributed by atoms with Crippen molar-refractivity contribution in [2.75, 3.05) is 26.7 Å². The number of rotatable bonds is 9. The van der Waals surface area contributed by atoms with Crippen LogP contribution in [0.1, 0.15) is 51.7 Å². The van der Waals surface area contributed by atoms with Crippen LogP contribution < -0.4 is 10.6 Å². The Labute approximate surface area is 170 Å². The molecule has 1 heterocycles. The van der Waals surface area contributed by atoms with Crippen molar-refractivity contribution in [1.29, 1.82) is 0 Å². The number of hydrogen-bond donors (Lipinski definition) is 2. The van der Waals surface area contributed by atoms with Gasteiger partial charge in [-0.05, 0) is 45.2 Å². The summed E-state index contributed by atoms with van der Waals surface area (Å²) in [6.45, 7) is 13.0. The molecule has 0 aliphatic carbocycles. The zero-order valence-electron chi connectivity index (χ0n) is 18.2. The van der Waals surface area contributed by atoms with E-state index in [0.717, 1.165) is 45.1 Å². The lowest BCUT2D eigenvalue weighted by molar-refractivity contribution is -0.131. The van der Waals surface area contributed by atoms with Gasteiger partial charge in [0.2, 0.25) is 5.91 Å². The predicted molar refractivity (Wildman–Crippen MR) is 116 cm³/mol. The number of benzene rings is 1. The third-order valence-corrected chi connectivity index (χ3v) is 5.27. The van der Waals surface area contributed by atoms with Gasteiger partial charge in [-0.3, -0.25) is 14.7 Å². The molecule has 0 aromatic heterocycles. The molecule has 1 aliphatic heterocycles. The van der Waals surface area contributed by atoms with E-state index in [4.69, 9.17) is 0 Å². The molecule has 0 radical (unpaired) electrons. The average Bonchev–Trinajstić information content (AvgIpc) is 3.10. The summed E-state index contributed by atoms with van der Waals surface area (Å²) in [4.78, 5) is 21.1. The number of carbonyl (C=O) groups is 1. The number of hydrogen-bond acceptors (Lipinski definition) is 3. The SMILES string of the molecule is CN=C(NCCCC(=O)N1Cc2ccccc2C1)NCCN(C(C)C)C(C)C. The van der Waals surface area contributed by atoms with Gasteiger partial charge >= 0.3 is 0 Å². The van der Waals surface area contributed by atoms with Crippen molar-refractivity contribution in [3.63, 3.8) is 0 Å². The van der Waals surface area contributed by atoms with Crippen LogP contribution in [0.3, 0.4) is 0 Å². The van der Waals surface area contributed by atoms with E-state index in [1.54, 1.807) is 7.05 Å². The zero-order valence-corrected chi connectivity index (χ0v) is 18.2. The van der Waals surface area contributed by atoms with Crippen LogP contribution in [0.4, 0.5) is 0 Å². The van der Waals surface area contributed by atoms with Gasteiger partial charge in [-0.15, -0.1) is 0 Å². The molecule has 0 spiro atoms. The van der Waals surface area contributed by atoms with E-state index in [0.29, 0.717) is 18.5 Å². The average molecular weight is 388 g/mol. The molecule has 1 aliphatic rings. The van der Waals surface area contributed by atoms with Crippen molar-refractivity contribution in [2.24, 2.45) is 4.99 Å². The van der Waals surface area contributed by atoms with Crippen molar-refractivity contribution in [2.45, 2.75) is 65.7 Å². The molecule has 28 heavy (non-hydrogen) atoms. The lowest BCUT2D eigenvalue weighted by atomic mass is 10.1. The number of nitrogens with one attached hydrogen (secondary N) is 2. The molecular formula is C22H37N5O. The molecule has 0 unspecified atom stereocenters. The maximum Gasteiger partial charge on any atom is 0.223 e. The van der Waals surface area contributed by atoms with Gasteiger partial charge in [-0.25, -0.2) is 0 Å². The zero-order chi connectivity index (χ0) is 20.5. The predicted octanol–water partition coefficient (Wildman–Crippen LogP) is 2.59. The fourth-order valence-electron chi connectivity index (χ4n) is 3.75. The summed E-state index contributed by atoms with van der Waals surface area (Å²) in [7, 11) is 1.78. The van der Waals surface area contributed by atoms with Crippen LogP contribution in [0.25, 0.3) is 0 Å². The highest BCUT2D eigenvalue weighted by molar-refractivity contribution is 5.80. The molecular weight excluding hydrogens is 350 g/mol. The van der Waals surface area contributed by atoms with Gasteiger partial charge in [0, 0.05) is 58.3 Å². The molecule has 2 N–H and O–H groups in total. The molecule has 156 valence electrons. The third kappa shape index (κ3) is 6.51. The summed E-state index contributed by atoms with van der Waals surface area (Å²) < 4.78 is 0. The maximum atomic E-state index is 12.4. The third-order valence-electron chi connectivity index (χ3n) is 5.27. The molecule has 0 fully saturated rings. The van der Waals surface area contributed by atoms with Crippen molar-refractivity contribution in [1.82, 2.24) is 20.4 Å². The van der Waals surface area contributed by atoms with Crippen LogP contribution in [0.15, 0.2) is 29.3 Å². The van der Waals surface area contributed by atoms with E-state index in [1.807, 2.05) is 17.0 Å². The minimum atomic E-state index is 0.227. The Morgan fingerprint density at radius 2 is 1.64 bits per heavy atom. The fraction of sp³-hybridized carbons (Fsp3) is 0.636. The van der Waals surface area contributed by atoms with E-state index >= 15 is 0 Å². The van der Waals surface area contributed by atoms with E-state index in [1.165, 1.54) is 11.1 Å². The highest BCUT2D eigenvalue weighted by Crippen LogP contribution is 2.22. The molecule has 0 saturated heterocycles. The van der Waals surface area contributed by atoms with Crippen LogP contribution in [0.2, 0.25) is 0 Å². The standard InChI is InChI=1S/C22H37N5O/c1-17(2)27(18(3)4)14-13-25-22(23-5)24-12-8-11-21(28)26-15-19-9-6-7-10-20(19)16-26/h6-7,9-10,17-18H,8,11-16H2,1-5H3,(H2,23,24,25). The van der Waals surface area contributed by atoms with Crippen LogP contribution in [-0.2, 0) is 17.9 Å². The number of fused-ring (bicyclic) bond motifs is 1. The summed E-state index contributed by atoms with van der Waals surface area (Å²) in [6, 6.07) is 9.35. The Hall–Kier alpha value is -2.08. The number of guanidine groups is 1. The Kier molecular flexibility index (Phi) is 8.77. The van der Waals surface area contributed by atoms with Crippen molar-refractivity contribution < 1.29 is 4.79 Å². The normalized spacial score (nSPS) is 14.1. The number of nitrogens with zero attached hydrogens (tertiary/aromatic N) is 3. The van der Waals surface area contributed by atoms with Gasteiger partial charge in [-0.1, -0.05) is 24.3 Å². The fourth-order valence-corrected chi connectivity index (χ4v) is 3.75. The maximum absolute atomic E-state index is 12.4. The number of amides is 1. The molecule has 2 rings (SSSR count). The lowest BCUT2D eigenvalue weighted by Gasteiger charge is -2.30. The Bertz CT molecular complexity index is 623. The first-order chi connectivity index (χ1) is 13.4. The molecule has 6 heteroatoms. The van der Waals surface area contributed by atoms with Crippen molar-refractivity contribution in [3.05, 3.63) is 35.4 Å².